The van der Waals surface area contributed by atoms with Gasteiger partial charge >= 0.3 is 0 Å². The molecule has 4 fully saturated rings. The number of hydrogen-bond donors (Lipinski definition) is 1. The van der Waals surface area contributed by atoms with Crippen LogP contribution >= 0.6 is 11.3 Å². The molecule has 1 heterocycles. The van der Waals surface area contributed by atoms with Gasteiger partial charge in [0, 0.05) is 10.9 Å². The van der Waals surface area contributed by atoms with Crippen LogP contribution in [0.1, 0.15) is 54.8 Å². The highest BCUT2D eigenvalue weighted by Gasteiger charge is 2.51. The average molecular weight is 397 g/mol. The van der Waals surface area contributed by atoms with Crippen LogP contribution in [0.15, 0.2) is 29.6 Å². The van der Waals surface area contributed by atoms with Crippen molar-refractivity contribution in [2.75, 3.05) is 0 Å². The van der Waals surface area contributed by atoms with Crippen molar-refractivity contribution in [2.24, 2.45) is 17.8 Å². The Morgan fingerprint density at radius 3 is 2.43 bits per heavy atom. The van der Waals surface area contributed by atoms with Gasteiger partial charge in [-0.15, -0.1) is 11.3 Å². The Balaban J connectivity index is 1.16. The minimum Gasteiger partial charge on any atom is -0.486 e. The second kappa shape index (κ2) is 7.18. The van der Waals surface area contributed by atoms with Crippen molar-refractivity contribution in [1.29, 1.82) is 0 Å². The maximum absolute atomic E-state index is 12.7. The highest BCUT2D eigenvalue weighted by molar-refractivity contribution is 7.09. The van der Waals surface area contributed by atoms with Gasteiger partial charge in [-0.25, -0.2) is 4.98 Å². The van der Waals surface area contributed by atoms with Gasteiger partial charge in [0.15, 0.2) is 0 Å². The molecule has 0 unspecified atom stereocenters. The minimum absolute atomic E-state index is 0.0826. The average Bonchev–Trinajstić information content (AvgIpc) is 3.06. The van der Waals surface area contributed by atoms with Crippen LogP contribution in [0.2, 0.25) is 0 Å². The molecule has 0 aliphatic heterocycles. The first-order valence-electron chi connectivity index (χ1n) is 10.5. The van der Waals surface area contributed by atoms with Gasteiger partial charge in [0.25, 0.3) is 0 Å². The number of ether oxygens (including phenoxy) is 1. The first kappa shape index (κ1) is 18.2. The van der Waals surface area contributed by atoms with Crippen molar-refractivity contribution in [3.05, 3.63) is 45.9 Å². The van der Waals surface area contributed by atoms with Crippen molar-refractivity contribution in [3.63, 3.8) is 0 Å². The Labute approximate surface area is 170 Å². The third kappa shape index (κ3) is 3.82. The molecule has 0 radical (unpaired) electrons. The van der Waals surface area contributed by atoms with Gasteiger partial charge < -0.3 is 10.1 Å². The summed E-state index contributed by atoms with van der Waals surface area (Å²) in [5.41, 5.74) is 2.16. The number of aryl methyl sites for hydroxylation is 1. The zero-order chi connectivity index (χ0) is 19.1. The Kier molecular flexibility index (Phi) is 4.66. The molecule has 1 aromatic carbocycles. The van der Waals surface area contributed by atoms with E-state index in [4.69, 9.17) is 4.74 Å². The van der Waals surface area contributed by atoms with Gasteiger partial charge in [-0.3, -0.25) is 4.79 Å². The summed E-state index contributed by atoms with van der Waals surface area (Å²) >= 11 is 1.57. The molecule has 0 atom stereocenters. The molecule has 4 saturated carbocycles. The van der Waals surface area contributed by atoms with Gasteiger partial charge in [-0.05, 0) is 75.3 Å². The molecule has 6 rings (SSSR count). The summed E-state index contributed by atoms with van der Waals surface area (Å²) in [6, 6.07) is 8.03. The fourth-order valence-corrected chi connectivity index (χ4v) is 6.75. The van der Waals surface area contributed by atoms with Crippen molar-refractivity contribution < 1.29 is 9.53 Å². The van der Waals surface area contributed by atoms with Gasteiger partial charge in [0.1, 0.15) is 17.4 Å². The summed E-state index contributed by atoms with van der Waals surface area (Å²) in [7, 11) is 0. The van der Waals surface area contributed by atoms with Crippen molar-refractivity contribution in [3.8, 4) is 5.75 Å². The third-order valence-electron chi connectivity index (χ3n) is 6.77. The van der Waals surface area contributed by atoms with Crippen molar-refractivity contribution >= 4 is 17.2 Å². The number of nitrogens with one attached hydrogen (secondary N) is 1. The molecule has 1 amide bonds. The van der Waals surface area contributed by atoms with E-state index >= 15 is 0 Å². The first-order chi connectivity index (χ1) is 13.6. The summed E-state index contributed by atoms with van der Waals surface area (Å²) in [6.07, 6.45) is 8.14. The Hall–Kier alpha value is -1.88. The van der Waals surface area contributed by atoms with Crippen molar-refractivity contribution in [2.45, 2.75) is 64.0 Å². The SMILES string of the molecule is Cc1ccc(OCc2nc(CC(=O)NC34CC5CC(CC(C5)C3)C4)cs2)cc1. The molecule has 0 saturated heterocycles. The maximum atomic E-state index is 12.7. The molecule has 4 aliphatic rings. The molecule has 4 nitrogen and oxygen atoms in total. The van der Waals surface area contributed by atoms with E-state index in [0.29, 0.717) is 13.0 Å². The smallest absolute Gasteiger partial charge is 0.226 e. The second-order valence-electron chi connectivity index (χ2n) is 9.26. The van der Waals surface area contributed by atoms with Gasteiger partial charge in [-0.2, -0.15) is 0 Å². The number of carbonyl (C=O) groups is 1. The number of rotatable bonds is 6. The van der Waals surface area contributed by atoms with Crippen molar-refractivity contribution in [1.82, 2.24) is 10.3 Å². The molecule has 0 spiro atoms. The van der Waals surface area contributed by atoms with E-state index in [2.05, 4.69) is 17.2 Å². The summed E-state index contributed by atoms with van der Waals surface area (Å²) < 4.78 is 5.80. The maximum Gasteiger partial charge on any atom is 0.226 e. The van der Waals surface area contributed by atoms with E-state index in [1.807, 2.05) is 29.6 Å². The van der Waals surface area contributed by atoms with Crippen LogP contribution in [0.5, 0.6) is 5.75 Å². The predicted octanol–water partition coefficient (Wildman–Crippen LogP) is 4.66. The van der Waals surface area contributed by atoms with Crippen LogP contribution in [0, 0.1) is 24.7 Å². The summed E-state index contributed by atoms with van der Waals surface area (Å²) in [5, 5.41) is 6.35. The molecular weight excluding hydrogens is 368 g/mol. The van der Waals surface area contributed by atoms with E-state index < -0.39 is 0 Å². The third-order valence-corrected chi connectivity index (χ3v) is 7.64. The van der Waals surface area contributed by atoms with Crippen LogP contribution in [0.4, 0.5) is 0 Å². The van der Waals surface area contributed by atoms with Crippen LogP contribution in [-0.2, 0) is 17.8 Å². The zero-order valence-corrected chi connectivity index (χ0v) is 17.3. The van der Waals surface area contributed by atoms with E-state index in [1.54, 1.807) is 11.3 Å². The quantitative estimate of drug-likeness (QED) is 0.773. The second-order valence-corrected chi connectivity index (χ2v) is 10.2. The van der Waals surface area contributed by atoms with Gasteiger partial charge in [0.05, 0.1) is 12.1 Å². The molecule has 4 bridgehead atoms. The zero-order valence-electron chi connectivity index (χ0n) is 16.4. The Morgan fingerprint density at radius 2 is 1.79 bits per heavy atom. The number of carbonyl (C=O) groups excluding carboxylic acids is 1. The van der Waals surface area contributed by atoms with E-state index in [9.17, 15) is 4.79 Å². The summed E-state index contributed by atoms with van der Waals surface area (Å²) in [6.45, 7) is 2.51. The molecule has 1 N–H and O–H groups in total. The molecule has 2 aromatic rings. The highest BCUT2D eigenvalue weighted by Crippen LogP contribution is 2.55. The lowest BCUT2D eigenvalue weighted by Gasteiger charge is -2.56. The standard InChI is InChI=1S/C23H28N2O2S/c1-15-2-4-20(5-3-15)27-13-22-24-19(14-28-22)9-21(26)25-23-10-16-6-17(11-23)8-18(7-16)12-23/h2-5,14,16-18H,6-13H2,1H3,(H,25,26). The normalized spacial score (nSPS) is 30.4. The Morgan fingerprint density at radius 1 is 1.14 bits per heavy atom. The fraction of sp³-hybridized carbons (Fsp3) is 0.565. The number of nitrogens with zero attached hydrogens (tertiary/aromatic N) is 1. The van der Waals surface area contributed by atoms with E-state index in [0.717, 1.165) is 34.2 Å². The monoisotopic (exact) mass is 396 g/mol. The minimum atomic E-state index is 0.0826. The highest BCUT2D eigenvalue weighted by atomic mass is 32.1. The van der Waals surface area contributed by atoms with Gasteiger partial charge in [-0.1, -0.05) is 17.7 Å². The summed E-state index contributed by atoms with van der Waals surface area (Å²) in [5.74, 6) is 3.52. The molecule has 5 heteroatoms. The molecular formula is C23H28N2O2S. The fourth-order valence-electron chi connectivity index (χ4n) is 6.04. The lowest BCUT2D eigenvalue weighted by Crippen LogP contribution is -2.60. The molecule has 148 valence electrons. The number of thiazole rings is 1. The topological polar surface area (TPSA) is 51.2 Å². The lowest BCUT2D eigenvalue weighted by atomic mass is 9.53. The summed E-state index contributed by atoms with van der Waals surface area (Å²) in [4.78, 5) is 17.3. The van der Waals surface area contributed by atoms with Gasteiger partial charge in [0.2, 0.25) is 5.91 Å². The van der Waals surface area contributed by atoms with Crippen LogP contribution in [0.25, 0.3) is 0 Å². The van der Waals surface area contributed by atoms with E-state index in [-0.39, 0.29) is 11.4 Å². The number of benzene rings is 1. The van der Waals surface area contributed by atoms with Crippen LogP contribution in [-0.4, -0.2) is 16.4 Å². The predicted molar refractivity (Wildman–Crippen MR) is 110 cm³/mol. The first-order valence-corrected chi connectivity index (χ1v) is 11.4. The molecule has 4 aliphatic carbocycles. The Bertz CT molecular complexity index is 822. The number of hydrogen-bond acceptors (Lipinski definition) is 4. The lowest BCUT2D eigenvalue weighted by molar-refractivity contribution is -0.126. The molecule has 1 aromatic heterocycles. The van der Waals surface area contributed by atoms with Crippen LogP contribution in [0.3, 0.4) is 0 Å². The largest absolute Gasteiger partial charge is 0.486 e. The number of aromatic nitrogens is 1. The van der Waals surface area contributed by atoms with E-state index in [1.165, 1.54) is 44.1 Å². The van der Waals surface area contributed by atoms with Crippen LogP contribution < -0.4 is 10.1 Å². The number of amides is 1. The molecule has 28 heavy (non-hydrogen) atoms.